The van der Waals surface area contributed by atoms with Gasteiger partial charge in [0, 0.05) is 19.6 Å². The second kappa shape index (κ2) is 5.70. The molecule has 0 radical (unpaired) electrons. The number of likely N-dealkylation sites (N-methyl/N-ethyl adjacent to an activating group) is 1. The molecule has 0 heterocycles. The summed E-state index contributed by atoms with van der Waals surface area (Å²) in [6.07, 6.45) is -0.224. The smallest absolute Gasteiger partial charge is 0.307 e. The Labute approximate surface area is 88.8 Å². The van der Waals surface area contributed by atoms with Gasteiger partial charge in [-0.15, -0.1) is 0 Å². The van der Waals surface area contributed by atoms with E-state index in [0.29, 0.717) is 13.1 Å². The summed E-state index contributed by atoms with van der Waals surface area (Å²) >= 11 is 0. The number of hydrogen-bond donors (Lipinski definition) is 1. The highest BCUT2D eigenvalue weighted by atomic mass is 19.4. The van der Waals surface area contributed by atoms with Crippen LogP contribution in [0.15, 0.2) is 0 Å². The standard InChI is InChI=1S/C10H19F3N2/c1-15(7-9-3-2-4-9)6-5-14-8-10(11,12)13/h9,14H,2-8H2,1H3. The van der Waals surface area contributed by atoms with Crippen molar-refractivity contribution in [3.8, 4) is 0 Å². The van der Waals surface area contributed by atoms with E-state index in [1.165, 1.54) is 19.3 Å². The summed E-state index contributed by atoms with van der Waals surface area (Å²) in [4.78, 5) is 2.10. The zero-order valence-electron chi connectivity index (χ0n) is 9.11. The molecule has 0 aliphatic heterocycles. The highest BCUT2D eigenvalue weighted by Crippen LogP contribution is 2.26. The number of rotatable bonds is 6. The predicted molar refractivity (Wildman–Crippen MR) is 53.8 cm³/mol. The molecular formula is C10H19F3N2. The molecule has 0 unspecified atom stereocenters. The van der Waals surface area contributed by atoms with Crippen LogP contribution in [0, 0.1) is 5.92 Å². The van der Waals surface area contributed by atoms with Crippen LogP contribution < -0.4 is 5.32 Å². The zero-order valence-corrected chi connectivity index (χ0v) is 9.11. The quantitative estimate of drug-likeness (QED) is 0.693. The third-order valence-corrected chi connectivity index (χ3v) is 2.79. The predicted octanol–water partition coefficient (Wildman–Crippen LogP) is 1.87. The van der Waals surface area contributed by atoms with Crippen LogP contribution in [-0.4, -0.2) is 44.3 Å². The second-order valence-corrected chi connectivity index (χ2v) is 4.35. The largest absolute Gasteiger partial charge is 0.401 e. The van der Waals surface area contributed by atoms with E-state index < -0.39 is 12.7 Å². The number of hydrogen-bond acceptors (Lipinski definition) is 2. The normalized spacial score (nSPS) is 18.2. The third-order valence-electron chi connectivity index (χ3n) is 2.79. The van der Waals surface area contributed by atoms with Gasteiger partial charge in [-0.25, -0.2) is 0 Å². The minimum atomic E-state index is -4.09. The lowest BCUT2D eigenvalue weighted by Crippen LogP contribution is -2.37. The summed E-state index contributed by atoms with van der Waals surface area (Å²) in [6, 6.07) is 0. The number of nitrogens with zero attached hydrogens (tertiary/aromatic N) is 1. The average Bonchev–Trinajstić information content (AvgIpc) is 2.04. The van der Waals surface area contributed by atoms with Gasteiger partial charge in [-0.3, -0.25) is 0 Å². The van der Waals surface area contributed by atoms with Crippen molar-refractivity contribution in [2.75, 3.05) is 33.2 Å². The third kappa shape index (κ3) is 5.99. The molecule has 90 valence electrons. The van der Waals surface area contributed by atoms with Gasteiger partial charge in [-0.2, -0.15) is 13.2 Å². The van der Waals surface area contributed by atoms with E-state index in [2.05, 4.69) is 10.2 Å². The van der Waals surface area contributed by atoms with Crippen LogP contribution in [0.1, 0.15) is 19.3 Å². The lowest BCUT2D eigenvalue weighted by Gasteiger charge is -2.30. The van der Waals surface area contributed by atoms with Crippen LogP contribution in [0.25, 0.3) is 0 Å². The number of alkyl halides is 3. The van der Waals surface area contributed by atoms with Crippen molar-refractivity contribution in [1.29, 1.82) is 0 Å². The Morgan fingerprint density at radius 1 is 1.33 bits per heavy atom. The van der Waals surface area contributed by atoms with E-state index in [9.17, 15) is 13.2 Å². The molecule has 0 aromatic rings. The van der Waals surface area contributed by atoms with Crippen LogP contribution in [0.2, 0.25) is 0 Å². The molecule has 1 saturated carbocycles. The van der Waals surface area contributed by atoms with Crippen LogP contribution in [0.3, 0.4) is 0 Å². The van der Waals surface area contributed by atoms with Gasteiger partial charge in [0.1, 0.15) is 0 Å². The molecule has 0 spiro atoms. The lowest BCUT2D eigenvalue weighted by atomic mass is 9.85. The molecule has 1 aliphatic carbocycles. The van der Waals surface area contributed by atoms with Gasteiger partial charge in [0.2, 0.25) is 0 Å². The Hall–Kier alpha value is -0.290. The summed E-state index contributed by atoms with van der Waals surface area (Å²) in [5.74, 6) is 0.776. The zero-order chi connectivity index (χ0) is 11.3. The molecule has 1 aliphatic rings. The van der Waals surface area contributed by atoms with Crippen molar-refractivity contribution < 1.29 is 13.2 Å². The minimum absolute atomic E-state index is 0.405. The van der Waals surface area contributed by atoms with Gasteiger partial charge in [-0.05, 0) is 25.8 Å². The Balaban J connectivity index is 1.94. The molecule has 5 heteroatoms. The second-order valence-electron chi connectivity index (χ2n) is 4.35. The van der Waals surface area contributed by atoms with Gasteiger partial charge in [0.05, 0.1) is 6.54 Å². The van der Waals surface area contributed by atoms with E-state index in [1.54, 1.807) is 0 Å². The first-order valence-corrected chi connectivity index (χ1v) is 5.43. The molecule has 0 bridgehead atoms. The molecule has 1 N–H and O–H groups in total. The molecule has 15 heavy (non-hydrogen) atoms. The van der Waals surface area contributed by atoms with E-state index in [0.717, 1.165) is 12.5 Å². The summed E-state index contributed by atoms with van der Waals surface area (Å²) in [7, 11) is 1.97. The molecule has 1 fully saturated rings. The maximum atomic E-state index is 11.8. The number of halogens is 3. The first-order chi connectivity index (χ1) is 6.97. The van der Waals surface area contributed by atoms with Crippen molar-refractivity contribution in [3.63, 3.8) is 0 Å². The van der Waals surface area contributed by atoms with E-state index in [4.69, 9.17) is 0 Å². The molecule has 0 amide bonds. The summed E-state index contributed by atoms with van der Waals surface area (Å²) in [5.41, 5.74) is 0. The molecule has 1 rings (SSSR count). The Morgan fingerprint density at radius 3 is 2.47 bits per heavy atom. The summed E-state index contributed by atoms with van der Waals surface area (Å²) in [5, 5.41) is 2.40. The SMILES string of the molecule is CN(CCNCC(F)(F)F)CC1CCC1. The molecule has 0 aromatic carbocycles. The number of nitrogens with one attached hydrogen (secondary N) is 1. The van der Waals surface area contributed by atoms with Gasteiger partial charge >= 0.3 is 6.18 Å². The van der Waals surface area contributed by atoms with Crippen molar-refractivity contribution in [2.45, 2.75) is 25.4 Å². The highest BCUT2D eigenvalue weighted by Gasteiger charge is 2.26. The van der Waals surface area contributed by atoms with Crippen molar-refractivity contribution in [1.82, 2.24) is 10.2 Å². The van der Waals surface area contributed by atoms with E-state index in [1.807, 2.05) is 7.05 Å². The van der Waals surface area contributed by atoms with Crippen LogP contribution in [-0.2, 0) is 0 Å². The van der Waals surface area contributed by atoms with Crippen molar-refractivity contribution >= 4 is 0 Å². The molecule has 0 saturated heterocycles. The van der Waals surface area contributed by atoms with Crippen LogP contribution in [0.5, 0.6) is 0 Å². The lowest BCUT2D eigenvalue weighted by molar-refractivity contribution is -0.124. The fourth-order valence-electron chi connectivity index (χ4n) is 1.71. The van der Waals surface area contributed by atoms with E-state index >= 15 is 0 Å². The fraction of sp³-hybridized carbons (Fsp3) is 1.00. The first kappa shape index (κ1) is 12.8. The van der Waals surface area contributed by atoms with Gasteiger partial charge in [0.15, 0.2) is 0 Å². The van der Waals surface area contributed by atoms with Crippen molar-refractivity contribution in [2.24, 2.45) is 5.92 Å². The molecule has 0 atom stereocenters. The molecular weight excluding hydrogens is 205 g/mol. The Morgan fingerprint density at radius 2 is 2.00 bits per heavy atom. The first-order valence-electron chi connectivity index (χ1n) is 5.43. The molecule has 0 aromatic heterocycles. The van der Waals surface area contributed by atoms with Gasteiger partial charge < -0.3 is 10.2 Å². The maximum absolute atomic E-state index is 11.8. The van der Waals surface area contributed by atoms with Gasteiger partial charge in [0.25, 0.3) is 0 Å². The average molecular weight is 224 g/mol. The Bertz CT molecular complexity index is 178. The minimum Gasteiger partial charge on any atom is -0.307 e. The highest BCUT2D eigenvalue weighted by molar-refractivity contribution is 4.72. The van der Waals surface area contributed by atoms with E-state index in [-0.39, 0.29) is 0 Å². The topological polar surface area (TPSA) is 15.3 Å². The summed E-state index contributed by atoms with van der Waals surface area (Å²) in [6.45, 7) is 1.23. The maximum Gasteiger partial charge on any atom is 0.401 e. The fourth-order valence-corrected chi connectivity index (χ4v) is 1.71. The van der Waals surface area contributed by atoms with Gasteiger partial charge in [-0.1, -0.05) is 6.42 Å². The molecule has 2 nitrogen and oxygen atoms in total. The van der Waals surface area contributed by atoms with Crippen molar-refractivity contribution in [3.05, 3.63) is 0 Å². The van der Waals surface area contributed by atoms with Crippen LogP contribution in [0.4, 0.5) is 13.2 Å². The monoisotopic (exact) mass is 224 g/mol. The van der Waals surface area contributed by atoms with Crippen LogP contribution >= 0.6 is 0 Å². The summed E-state index contributed by atoms with van der Waals surface area (Å²) < 4.78 is 35.3. The Kier molecular flexibility index (Phi) is 4.86.